The van der Waals surface area contributed by atoms with Gasteiger partial charge in [0.1, 0.15) is 5.82 Å². The molecule has 0 spiro atoms. The first kappa shape index (κ1) is 17.5. The number of halogens is 1. The van der Waals surface area contributed by atoms with Crippen molar-refractivity contribution in [1.82, 2.24) is 5.32 Å². The van der Waals surface area contributed by atoms with Crippen molar-refractivity contribution < 1.29 is 18.7 Å². The third-order valence-corrected chi connectivity index (χ3v) is 4.76. The van der Waals surface area contributed by atoms with Crippen molar-refractivity contribution in [3.63, 3.8) is 0 Å². The Morgan fingerprint density at radius 2 is 2.00 bits per heavy atom. The van der Waals surface area contributed by atoms with Crippen molar-refractivity contribution in [3.8, 4) is 0 Å². The topological polar surface area (TPSA) is 96.7 Å². The fourth-order valence-electron chi connectivity index (χ4n) is 3.45. The van der Waals surface area contributed by atoms with Gasteiger partial charge in [-0.15, -0.1) is 0 Å². The minimum Gasteiger partial charge on any atom is -0.378 e. The Kier molecular flexibility index (Phi) is 5.37. The molecule has 3 amide bonds. The number of ether oxygens (including phenoxy) is 1. The normalized spacial score (nSPS) is 23.3. The molecule has 0 bridgehead atoms. The number of urea groups is 1. The molecule has 1 aromatic rings. The summed E-state index contributed by atoms with van der Waals surface area (Å²) in [4.78, 5) is 25.4. The van der Waals surface area contributed by atoms with Crippen molar-refractivity contribution in [3.05, 3.63) is 24.0 Å². The van der Waals surface area contributed by atoms with Crippen LogP contribution in [0.5, 0.6) is 0 Å². The number of nitrogens with two attached hydrogens (primary N) is 1. The number of nitrogens with one attached hydrogen (secondary N) is 2. The number of anilines is 2. The van der Waals surface area contributed by atoms with Gasteiger partial charge < -0.3 is 26.0 Å². The summed E-state index contributed by atoms with van der Waals surface area (Å²) in [5.41, 5.74) is 6.21. The van der Waals surface area contributed by atoms with E-state index in [1.54, 1.807) is 12.1 Å². The summed E-state index contributed by atoms with van der Waals surface area (Å²) in [6.45, 7) is 2.43. The van der Waals surface area contributed by atoms with Crippen molar-refractivity contribution in [1.29, 1.82) is 0 Å². The number of primary amides is 1. The fourth-order valence-corrected chi connectivity index (χ4v) is 3.45. The van der Waals surface area contributed by atoms with E-state index in [2.05, 4.69) is 10.6 Å². The van der Waals surface area contributed by atoms with E-state index in [4.69, 9.17) is 10.5 Å². The molecule has 2 atom stereocenters. The lowest BCUT2D eigenvalue weighted by Gasteiger charge is -2.29. The molecule has 8 heteroatoms. The Bertz CT molecular complexity index is 649. The number of hydrogen-bond acceptors (Lipinski definition) is 4. The van der Waals surface area contributed by atoms with Gasteiger partial charge in [-0.2, -0.15) is 0 Å². The summed E-state index contributed by atoms with van der Waals surface area (Å²) in [6, 6.07) is 3.88. The Labute approximate surface area is 145 Å². The first-order chi connectivity index (χ1) is 12.0. The number of rotatable bonds is 4. The van der Waals surface area contributed by atoms with Gasteiger partial charge in [0.25, 0.3) is 0 Å². The minimum atomic E-state index is -0.461. The van der Waals surface area contributed by atoms with Crippen LogP contribution in [0, 0.1) is 11.7 Å². The van der Waals surface area contributed by atoms with Crippen molar-refractivity contribution in [2.24, 2.45) is 11.7 Å². The molecule has 2 unspecified atom stereocenters. The van der Waals surface area contributed by atoms with Crippen LogP contribution in [0.15, 0.2) is 18.2 Å². The lowest BCUT2D eigenvalue weighted by Crippen LogP contribution is -2.44. The number of amides is 3. The van der Waals surface area contributed by atoms with Crippen LogP contribution in [0.3, 0.4) is 0 Å². The van der Waals surface area contributed by atoms with Gasteiger partial charge in [0.05, 0.1) is 24.8 Å². The molecule has 25 heavy (non-hydrogen) atoms. The summed E-state index contributed by atoms with van der Waals surface area (Å²) in [5.74, 6) is -1.13. The molecule has 2 aliphatic rings. The summed E-state index contributed by atoms with van der Waals surface area (Å²) in [6.07, 6.45) is 2.25. The van der Waals surface area contributed by atoms with Crippen LogP contribution in [0.2, 0.25) is 0 Å². The van der Waals surface area contributed by atoms with Crippen LogP contribution in [-0.2, 0) is 9.53 Å². The number of nitrogens with zero attached hydrogens (tertiary/aromatic N) is 1. The van der Waals surface area contributed by atoms with Crippen LogP contribution in [0.25, 0.3) is 0 Å². The highest BCUT2D eigenvalue weighted by atomic mass is 19.1. The zero-order chi connectivity index (χ0) is 17.8. The Morgan fingerprint density at radius 3 is 2.68 bits per heavy atom. The molecule has 1 heterocycles. The molecule has 1 saturated heterocycles. The zero-order valence-electron chi connectivity index (χ0n) is 14.0. The minimum absolute atomic E-state index is 0.269. The Hall–Kier alpha value is -2.35. The number of carbonyl (C=O) groups is 2. The second kappa shape index (κ2) is 7.69. The zero-order valence-corrected chi connectivity index (χ0v) is 14.0. The average Bonchev–Trinajstić information content (AvgIpc) is 3.04. The smallest absolute Gasteiger partial charge is 0.319 e. The molecule has 2 fully saturated rings. The van der Waals surface area contributed by atoms with E-state index in [-0.39, 0.29) is 12.0 Å². The highest BCUT2D eigenvalue weighted by Crippen LogP contribution is 2.26. The van der Waals surface area contributed by atoms with Crippen molar-refractivity contribution in [2.75, 3.05) is 36.5 Å². The van der Waals surface area contributed by atoms with E-state index in [1.165, 1.54) is 6.07 Å². The molecule has 7 nitrogen and oxygen atoms in total. The van der Waals surface area contributed by atoms with Gasteiger partial charge in [-0.3, -0.25) is 4.79 Å². The molecule has 1 aromatic carbocycles. The average molecular weight is 350 g/mol. The van der Waals surface area contributed by atoms with Gasteiger partial charge in [0, 0.05) is 24.8 Å². The van der Waals surface area contributed by atoms with Crippen LogP contribution in [0.1, 0.15) is 19.3 Å². The summed E-state index contributed by atoms with van der Waals surface area (Å²) >= 11 is 0. The van der Waals surface area contributed by atoms with Crippen LogP contribution in [0.4, 0.5) is 20.6 Å². The van der Waals surface area contributed by atoms with E-state index >= 15 is 0 Å². The molecule has 3 rings (SSSR count). The largest absolute Gasteiger partial charge is 0.378 e. The van der Waals surface area contributed by atoms with Crippen molar-refractivity contribution in [2.45, 2.75) is 25.3 Å². The van der Waals surface area contributed by atoms with Gasteiger partial charge in [0.2, 0.25) is 5.91 Å². The molecule has 0 aromatic heterocycles. The molecule has 0 radical (unpaired) electrons. The summed E-state index contributed by atoms with van der Waals surface area (Å²) in [5, 5.41) is 5.37. The predicted molar refractivity (Wildman–Crippen MR) is 91.9 cm³/mol. The molecule has 1 aliphatic heterocycles. The van der Waals surface area contributed by atoms with Crippen LogP contribution >= 0.6 is 0 Å². The quantitative estimate of drug-likeness (QED) is 0.765. The maximum absolute atomic E-state index is 14.3. The second-order valence-electron chi connectivity index (χ2n) is 6.41. The lowest BCUT2D eigenvalue weighted by molar-refractivity contribution is -0.122. The van der Waals surface area contributed by atoms with Crippen LogP contribution < -0.4 is 21.3 Å². The van der Waals surface area contributed by atoms with E-state index < -0.39 is 17.8 Å². The summed E-state index contributed by atoms with van der Waals surface area (Å²) in [7, 11) is 0. The standard InChI is InChI=1S/C17H23FN4O3/c18-13-10-11(4-5-15(13)22-6-8-25-9-7-22)20-17(24)21-14-3-1-2-12(14)16(19)23/h4-5,10,12,14H,1-3,6-9H2,(H2,19,23)(H2,20,21,24). The highest BCUT2D eigenvalue weighted by Gasteiger charge is 2.32. The number of hydrogen-bond donors (Lipinski definition) is 3. The van der Waals surface area contributed by atoms with E-state index in [1.807, 2.05) is 4.90 Å². The molecular formula is C17H23FN4O3. The maximum atomic E-state index is 14.3. The first-order valence-electron chi connectivity index (χ1n) is 8.53. The first-order valence-corrected chi connectivity index (χ1v) is 8.53. The monoisotopic (exact) mass is 350 g/mol. The summed E-state index contributed by atoms with van der Waals surface area (Å²) < 4.78 is 19.6. The van der Waals surface area contributed by atoms with E-state index in [0.717, 1.165) is 6.42 Å². The lowest BCUT2D eigenvalue weighted by atomic mass is 10.0. The van der Waals surface area contributed by atoms with Gasteiger partial charge in [-0.1, -0.05) is 6.42 Å². The highest BCUT2D eigenvalue weighted by molar-refractivity contribution is 5.90. The SMILES string of the molecule is NC(=O)C1CCCC1NC(=O)Nc1ccc(N2CCOCC2)c(F)c1. The second-order valence-corrected chi connectivity index (χ2v) is 6.41. The van der Waals surface area contributed by atoms with Gasteiger partial charge >= 0.3 is 6.03 Å². The predicted octanol–water partition coefficient (Wildman–Crippen LogP) is 1.44. The van der Waals surface area contributed by atoms with Crippen LogP contribution in [-0.4, -0.2) is 44.3 Å². The van der Waals surface area contributed by atoms with Gasteiger partial charge in [-0.05, 0) is 31.0 Å². The molecule has 1 saturated carbocycles. The Morgan fingerprint density at radius 1 is 1.24 bits per heavy atom. The van der Waals surface area contributed by atoms with E-state index in [9.17, 15) is 14.0 Å². The molecule has 4 N–H and O–H groups in total. The third kappa shape index (κ3) is 4.19. The molecule has 1 aliphatic carbocycles. The fraction of sp³-hybridized carbons (Fsp3) is 0.529. The number of morpholine rings is 1. The maximum Gasteiger partial charge on any atom is 0.319 e. The third-order valence-electron chi connectivity index (χ3n) is 4.76. The number of benzene rings is 1. The number of carbonyl (C=O) groups excluding carboxylic acids is 2. The molecular weight excluding hydrogens is 327 g/mol. The molecule has 136 valence electrons. The Balaban J connectivity index is 1.60. The van der Waals surface area contributed by atoms with Gasteiger partial charge in [0.15, 0.2) is 0 Å². The van der Waals surface area contributed by atoms with Crippen molar-refractivity contribution >= 4 is 23.3 Å². The van der Waals surface area contributed by atoms with Gasteiger partial charge in [-0.25, -0.2) is 9.18 Å². The van der Waals surface area contributed by atoms with E-state index in [0.29, 0.717) is 50.5 Å².